The molecular formula is C9H18N2O6S2. The van der Waals surface area contributed by atoms with Crippen LogP contribution in [-0.4, -0.2) is 47.5 Å². The first-order chi connectivity index (χ1) is 8.67. The molecule has 0 saturated heterocycles. The third-order valence-corrected chi connectivity index (χ3v) is 5.79. The molecule has 2 atom stereocenters. The van der Waals surface area contributed by atoms with Crippen LogP contribution in [0.2, 0.25) is 0 Å². The molecular weight excluding hydrogens is 296 g/mol. The highest BCUT2D eigenvalue weighted by Crippen LogP contribution is 2.31. The first-order valence-electron chi connectivity index (χ1n) is 5.74. The highest BCUT2D eigenvalue weighted by molar-refractivity contribution is 7.90. The van der Waals surface area contributed by atoms with E-state index in [4.69, 9.17) is 5.14 Å². The zero-order valence-corrected chi connectivity index (χ0v) is 12.2. The summed E-state index contributed by atoms with van der Waals surface area (Å²) in [6.45, 7) is -0.300. The maximum absolute atomic E-state index is 12.0. The van der Waals surface area contributed by atoms with Crippen molar-refractivity contribution in [1.82, 2.24) is 4.72 Å². The smallest absolute Gasteiger partial charge is 0.310 e. The van der Waals surface area contributed by atoms with Crippen LogP contribution in [0.25, 0.3) is 0 Å². The molecule has 0 amide bonds. The number of esters is 1. The number of methoxy groups -OCH3 is 1. The summed E-state index contributed by atoms with van der Waals surface area (Å²) < 4.78 is 52.2. The summed E-state index contributed by atoms with van der Waals surface area (Å²) in [7, 11) is -6.27. The Labute approximate surface area is 112 Å². The van der Waals surface area contributed by atoms with Gasteiger partial charge in [-0.25, -0.2) is 26.7 Å². The summed E-state index contributed by atoms with van der Waals surface area (Å²) in [5.74, 6) is -1.74. The van der Waals surface area contributed by atoms with E-state index in [1.54, 1.807) is 0 Å². The number of hydrogen-bond donors (Lipinski definition) is 2. The number of carbonyl (C=O) groups excluding carboxylic acids is 1. The van der Waals surface area contributed by atoms with Gasteiger partial charge in [-0.1, -0.05) is 6.42 Å². The first kappa shape index (κ1) is 16.3. The Morgan fingerprint density at radius 2 is 1.95 bits per heavy atom. The Kier molecular flexibility index (Phi) is 5.30. The molecule has 0 spiro atoms. The lowest BCUT2D eigenvalue weighted by Crippen LogP contribution is -2.41. The Morgan fingerprint density at radius 3 is 2.47 bits per heavy atom. The van der Waals surface area contributed by atoms with E-state index in [0.29, 0.717) is 19.3 Å². The zero-order chi connectivity index (χ0) is 14.7. The number of sulfonamides is 2. The van der Waals surface area contributed by atoms with E-state index in [1.165, 1.54) is 7.11 Å². The van der Waals surface area contributed by atoms with Crippen molar-refractivity contribution in [1.29, 1.82) is 0 Å². The van der Waals surface area contributed by atoms with Crippen molar-refractivity contribution in [2.45, 2.75) is 24.5 Å². The van der Waals surface area contributed by atoms with Crippen LogP contribution in [0, 0.1) is 5.92 Å². The van der Waals surface area contributed by atoms with Gasteiger partial charge in [0, 0.05) is 6.54 Å². The maximum Gasteiger partial charge on any atom is 0.310 e. The minimum Gasteiger partial charge on any atom is -0.469 e. The average Bonchev–Trinajstić information content (AvgIpc) is 2.75. The molecule has 3 N–H and O–H groups in total. The van der Waals surface area contributed by atoms with Crippen molar-refractivity contribution in [3.63, 3.8) is 0 Å². The molecule has 19 heavy (non-hydrogen) atoms. The van der Waals surface area contributed by atoms with Gasteiger partial charge in [0.25, 0.3) is 0 Å². The molecule has 2 unspecified atom stereocenters. The lowest BCUT2D eigenvalue weighted by atomic mass is 10.1. The standard InChI is InChI=1S/C9H18N2O6S2/c1-17-9(12)7-3-2-4-8(7)19(15,16)11-5-6-18(10,13)14/h7-8,11H,2-6H2,1H3,(H2,10,13,14). The van der Waals surface area contributed by atoms with Crippen molar-refractivity contribution in [3.8, 4) is 0 Å². The summed E-state index contributed by atoms with van der Waals surface area (Å²) in [5, 5.41) is 3.90. The second-order valence-corrected chi connectivity index (χ2v) is 8.12. The van der Waals surface area contributed by atoms with E-state index in [2.05, 4.69) is 9.46 Å². The van der Waals surface area contributed by atoms with Crippen molar-refractivity contribution in [3.05, 3.63) is 0 Å². The minimum atomic E-state index is -3.76. The Bertz CT molecular complexity index is 527. The summed E-state index contributed by atoms with van der Waals surface area (Å²) in [6.07, 6.45) is 1.42. The molecule has 1 aliphatic rings. The molecule has 1 saturated carbocycles. The van der Waals surface area contributed by atoms with Crippen LogP contribution >= 0.6 is 0 Å². The molecule has 1 fully saturated rings. The van der Waals surface area contributed by atoms with Gasteiger partial charge in [-0.2, -0.15) is 0 Å². The van der Waals surface area contributed by atoms with Gasteiger partial charge < -0.3 is 4.74 Å². The van der Waals surface area contributed by atoms with E-state index >= 15 is 0 Å². The molecule has 0 aromatic carbocycles. The van der Waals surface area contributed by atoms with Crippen LogP contribution in [0.1, 0.15) is 19.3 Å². The third kappa shape index (κ3) is 4.71. The SMILES string of the molecule is COC(=O)C1CCCC1S(=O)(=O)NCCS(N)(=O)=O. The van der Waals surface area contributed by atoms with Crippen molar-refractivity contribution < 1.29 is 26.4 Å². The Hall–Kier alpha value is -0.710. The van der Waals surface area contributed by atoms with Crippen LogP contribution in [0.4, 0.5) is 0 Å². The number of primary sulfonamides is 1. The fourth-order valence-electron chi connectivity index (χ4n) is 2.15. The van der Waals surface area contributed by atoms with E-state index in [1.807, 2.05) is 0 Å². The minimum absolute atomic E-state index is 0.300. The van der Waals surface area contributed by atoms with Gasteiger partial charge in [-0.3, -0.25) is 4.79 Å². The quantitative estimate of drug-likeness (QED) is 0.575. The summed E-state index contributed by atoms with van der Waals surface area (Å²) in [6, 6.07) is 0. The number of ether oxygens (including phenoxy) is 1. The van der Waals surface area contributed by atoms with Crippen LogP contribution in [-0.2, 0) is 29.6 Å². The molecule has 0 bridgehead atoms. The van der Waals surface area contributed by atoms with Gasteiger partial charge in [0.05, 0.1) is 24.0 Å². The lowest BCUT2D eigenvalue weighted by Gasteiger charge is -2.18. The summed E-state index contributed by atoms with van der Waals surface area (Å²) in [4.78, 5) is 11.5. The molecule has 0 aliphatic heterocycles. The van der Waals surface area contributed by atoms with Crippen LogP contribution in [0.3, 0.4) is 0 Å². The predicted molar refractivity (Wildman–Crippen MR) is 68.0 cm³/mol. The Balaban J connectivity index is 2.69. The largest absolute Gasteiger partial charge is 0.469 e. The summed E-state index contributed by atoms with van der Waals surface area (Å²) in [5.41, 5.74) is 0. The van der Waals surface area contributed by atoms with E-state index < -0.39 is 42.9 Å². The number of carbonyl (C=O) groups is 1. The molecule has 1 aliphatic carbocycles. The van der Waals surface area contributed by atoms with Crippen molar-refractivity contribution >= 4 is 26.0 Å². The van der Waals surface area contributed by atoms with Gasteiger partial charge in [-0.15, -0.1) is 0 Å². The van der Waals surface area contributed by atoms with E-state index in [-0.39, 0.29) is 6.54 Å². The molecule has 0 radical (unpaired) electrons. The fraction of sp³-hybridized carbons (Fsp3) is 0.889. The monoisotopic (exact) mass is 314 g/mol. The van der Waals surface area contributed by atoms with Crippen molar-refractivity contribution in [2.24, 2.45) is 11.1 Å². The molecule has 0 aromatic rings. The average molecular weight is 314 g/mol. The second kappa shape index (κ2) is 6.16. The molecule has 10 heteroatoms. The van der Waals surface area contributed by atoms with Crippen molar-refractivity contribution in [2.75, 3.05) is 19.4 Å². The van der Waals surface area contributed by atoms with E-state index in [0.717, 1.165) is 0 Å². The molecule has 0 aromatic heterocycles. The number of rotatable bonds is 6. The number of hydrogen-bond acceptors (Lipinski definition) is 6. The van der Waals surface area contributed by atoms with Crippen LogP contribution < -0.4 is 9.86 Å². The highest BCUT2D eigenvalue weighted by atomic mass is 32.2. The lowest BCUT2D eigenvalue weighted by molar-refractivity contribution is -0.145. The maximum atomic E-state index is 12.0. The molecule has 1 rings (SSSR count). The predicted octanol–water partition coefficient (Wildman–Crippen LogP) is -1.46. The fourth-order valence-corrected chi connectivity index (χ4v) is 4.42. The van der Waals surface area contributed by atoms with Gasteiger partial charge in [-0.05, 0) is 12.8 Å². The van der Waals surface area contributed by atoms with Crippen LogP contribution in [0.15, 0.2) is 0 Å². The second-order valence-electron chi connectivity index (χ2n) is 4.41. The number of nitrogens with two attached hydrogens (primary N) is 1. The van der Waals surface area contributed by atoms with Gasteiger partial charge in [0.1, 0.15) is 0 Å². The topological polar surface area (TPSA) is 133 Å². The highest BCUT2D eigenvalue weighted by Gasteiger charge is 2.42. The normalized spacial score (nSPS) is 24.3. The van der Waals surface area contributed by atoms with Gasteiger partial charge in [0.2, 0.25) is 20.0 Å². The van der Waals surface area contributed by atoms with Crippen LogP contribution in [0.5, 0.6) is 0 Å². The first-order valence-corrected chi connectivity index (χ1v) is 9.00. The third-order valence-electron chi connectivity index (χ3n) is 3.04. The zero-order valence-electron chi connectivity index (χ0n) is 10.5. The van der Waals surface area contributed by atoms with E-state index in [9.17, 15) is 21.6 Å². The molecule has 8 nitrogen and oxygen atoms in total. The summed E-state index contributed by atoms with van der Waals surface area (Å²) >= 11 is 0. The molecule has 112 valence electrons. The van der Waals surface area contributed by atoms with Gasteiger partial charge in [0.15, 0.2) is 0 Å². The number of nitrogens with one attached hydrogen (secondary N) is 1. The van der Waals surface area contributed by atoms with Gasteiger partial charge >= 0.3 is 5.97 Å². The molecule has 0 heterocycles. The Morgan fingerprint density at radius 1 is 1.32 bits per heavy atom.